The highest BCUT2D eigenvalue weighted by atomic mass is 35.5. The molecule has 0 spiro atoms. The van der Waals surface area contributed by atoms with Gasteiger partial charge in [0.25, 0.3) is 0 Å². The third-order valence-corrected chi connectivity index (χ3v) is 4.50. The number of hydrogen-bond donors (Lipinski definition) is 2. The third kappa shape index (κ3) is 5.85. The van der Waals surface area contributed by atoms with Crippen LogP contribution in [0.3, 0.4) is 0 Å². The van der Waals surface area contributed by atoms with Gasteiger partial charge in [-0.05, 0) is 42.5 Å². The Morgan fingerprint density at radius 1 is 1.24 bits per heavy atom. The van der Waals surface area contributed by atoms with Crippen molar-refractivity contribution in [3.05, 3.63) is 29.3 Å². The molecule has 21 heavy (non-hydrogen) atoms. The lowest BCUT2D eigenvalue weighted by Gasteiger charge is -2.34. The van der Waals surface area contributed by atoms with Crippen molar-refractivity contribution in [3.8, 4) is 5.75 Å². The Morgan fingerprint density at radius 2 is 1.90 bits per heavy atom. The molecule has 0 bridgehead atoms. The summed E-state index contributed by atoms with van der Waals surface area (Å²) in [6.07, 6.45) is 6.12. The van der Waals surface area contributed by atoms with E-state index in [1.165, 1.54) is 32.1 Å². The fourth-order valence-electron chi connectivity index (χ4n) is 2.90. The molecule has 0 saturated heterocycles. The normalized spacial score (nSPS) is 19.2. The second-order valence-electron chi connectivity index (χ2n) is 6.42. The highest BCUT2D eigenvalue weighted by Crippen LogP contribution is 2.34. The molecule has 0 amide bonds. The summed E-state index contributed by atoms with van der Waals surface area (Å²) in [4.78, 5) is 0. The zero-order valence-electron chi connectivity index (χ0n) is 12.8. The SMILES string of the molecule is CC1(CNCC(O)COc2ccc(Cl)cc2)CCCCC1. The number of aliphatic hydroxyl groups excluding tert-OH is 1. The average molecular weight is 312 g/mol. The van der Waals surface area contributed by atoms with E-state index in [4.69, 9.17) is 16.3 Å². The molecule has 0 aromatic heterocycles. The first-order chi connectivity index (χ1) is 10.1. The van der Waals surface area contributed by atoms with Crippen LogP contribution < -0.4 is 10.1 Å². The van der Waals surface area contributed by atoms with E-state index in [9.17, 15) is 5.11 Å². The van der Waals surface area contributed by atoms with Crippen molar-refractivity contribution in [2.75, 3.05) is 19.7 Å². The number of aliphatic hydroxyl groups is 1. The molecule has 1 atom stereocenters. The van der Waals surface area contributed by atoms with Gasteiger partial charge in [-0.25, -0.2) is 0 Å². The van der Waals surface area contributed by atoms with Crippen LogP contribution in [0.2, 0.25) is 5.02 Å². The first-order valence-electron chi connectivity index (χ1n) is 7.85. The average Bonchev–Trinajstić information content (AvgIpc) is 2.47. The van der Waals surface area contributed by atoms with E-state index >= 15 is 0 Å². The number of hydrogen-bond acceptors (Lipinski definition) is 3. The maximum Gasteiger partial charge on any atom is 0.119 e. The maximum atomic E-state index is 9.96. The predicted octanol–water partition coefficient (Wildman–Crippen LogP) is 3.64. The van der Waals surface area contributed by atoms with Crippen LogP contribution in [-0.4, -0.2) is 30.9 Å². The Kier molecular flexibility index (Phi) is 6.34. The van der Waals surface area contributed by atoms with Crippen LogP contribution in [0.25, 0.3) is 0 Å². The summed E-state index contributed by atoms with van der Waals surface area (Å²) in [7, 11) is 0. The van der Waals surface area contributed by atoms with E-state index in [0.29, 0.717) is 23.6 Å². The molecule has 1 aliphatic carbocycles. The summed E-state index contributed by atoms with van der Waals surface area (Å²) in [6, 6.07) is 7.19. The second-order valence-corrected chi connectivity index (χ2v) is 6.86. The Labute approximate surface area is 132 Å². The largest absolute Gasteiger partial charge is 0.491 e. The van der Waals surface area contributed by atoms with Crippen molar-refractivity contribution in [3.63, 3.8) is 0 Å². The highest BCUT2D eigenvalue weighted by molar-refractivity contribution is 6.30. The first-order valence-corrected chi connectivity index (χ1v) is 8.22. The molecule has 2 rings (SSSR count). The van der Waals surface area contributed by atoms with Gasteiger partial charge in [-0.3, -0.25) is 0 Å². The summed E-state index contributed by atoms with van der Waals surface area (Å²) in [6.45, 7) is 4.19. The Bertz CT molecular complexity index is 415. The Balaban J connectivity index is 1.63. The molecule has 0 radical (unpaired) electrons. The fourth-order valence-corrected chi connectivity index (χ4v) is 3.03. The van der Waals surface area contributed by atoms with Crippen molar-refractivity contribution in [1.29, 1.82) is 0 Å². The van der Waals surface area contributed by atoms with Crippen molar-refractivity contribution >= 4 is 11.6 Å². The van der Waals surface area contributed by atoms with Crippen LogP contribution >= 0.6 is 11.6 Å². The van der Waals surface area contributed by atoms with Crippen LogP contribution in [0.1, 0.15) is 39.0 Å². The molecule has 118 valence electrons. The molecule has 0 aliphatic heterocycles. The Hall–Kier alpha value is -0.770. The quantitative estimate of drug-likeness (QED) is 0.808. The van der Waals surface area contributed by atoms with E-state index in [1.807, 2.05) is 12.1 Å². The predicted molar refractivity (Wildman–Crippen MR) is 87.0 cm³/mol. The summed E-state index contributed by atoms with van der Waals surface area (Å²) in [5.41, 5.74) is 0.398. The van der Waals surface area contributed by atoms with Gasteiger partial charge < -0.3 is 15.2 Å². The van der Waals surface area contributed by atoms with Crippen molar-refractivity contribution < 1.29 is 9.84 Å². The minimum atomic E-state index is -0.493. The van der Waals surface area contributed by atoms with Crippen LogP contribution in [0.4, 0.5) is 0 Å². The smallest absolute Gasteiger partial charge is 0.119 e. The van der Waals surface area contributed by atoms with E-state index in [0.717, 1.165) is 12.3 Å². The number of nitrogens with one attached hydrogen (secondary N) is 1. The van der Waals surface area contributed by atoms with Gasteiger partial charge in [-0.2, -0.15) is 0 Å². The van der Waals surface area contributed by atoms with Crippen LogP contribution in [0, 0.1) is 5.41 Å². The molecule has 1 fully saturated rings. The van der Waals surface area contributed by atoms with Gasteiger partial charge in [0.1, 0.15) is 18.5 Å². The molecule has 1 aliphatic rings. The molecular formula is C17H26ClNO2. The lowest BCUT2D eigenvalue weighted by molar-refractivity contribution is 0.100. The standard InChI is InChI=1S/C17H26ClNO2/c1-17(9-3-2-4-10-17)13-19-11-15(20)12-21-16-7-5-14(18)6-8-16/h5-8,15,19-20H,2-4,9-13H2,1H3. The van der Waals surface area contributed by atoms with E-state index < -0.39 is 6.10 Å². The summed E-state index contributed by atoms with van der Waals surface area (Å²) in [5, 5.41) is 14.0. The van der Waals surface area contributed by atoms with E-state index in [1.54, 1.807) is 12.1 Å². The zero-order valence-corrected chi connectivity index (χ0v) is 13.5. The highest BCUT2D eigenvalue weighted by Gasteiger charge is 2.26. The molecule has 4 heteroatoms. The maximum absolute atomic E-state index is 9.96. The van der Waals surface area contributed by atoms with Gasteiger partial charge >= 0.3 is 0 Å². The Morgan fingerprint density at radius 3 is 2.57 bits per heavy atom. The molecular weight excluding hydrogens is 286 g/mol. The number of halogens is 1. The molecule has 1 saturated carbocycles. The minimum Gasteiger partial charge on any atom is -0.491 e. The number of benzene rings is 1. The van der Waals surface area contributed by atoms with Crippen molar-refractivity contribution in [2.45, 2.75) is 45.1 Å². The van der Waals surface area contributed by atoms with Crippen LogP contribution in [-0.2, 0) is 0 Å². The molecule has 1 aromatic rings. The van der Waals surface area contributed by atoms with Gasteiger partial charge in [0.2, 0.25) is 0 Å². The summed E-state index contributed by atoms with van der Waals surface area (Å²) in [5.74, 6) is 0.734. The second kappa shape index (κ2) is 8.02. The van der Waals surface area contributed by atoms with Crippen molar-refractivity contribution in [2.24, 2.45) is 5.41 Å². The molecule has 2 N–H and O–H groups in total. The summed E-state index contributed by atoms with van der Waals surface area (Å²) >= 11 is 5.81. The van der Waals surface area contributed by atoms with Crippen LogP contribution in [0.15, 0.2) is 24.3 Å². The lowest BCUT2D eigenvalue weighted by atomic mass is 9.76. The summed E-state index contributed by atoms with van der Waals surface area (Å²) < 4.78 is 5.54. The molecule has 0 heterocycles. The molecule has 1 aromatic carbocycles. The van der Waals surface area contributed by atoms with Crippen molar-refractivity contribution in [1.82, 2.24) is 5.32 Å². The van der Waals surface area contributed by atoms with Gasteiger partial charge in [-0.1, -0.05) is 37.8 Å². The third-order valence-electron chi connectivity index (χ3n) is 4.25. The van der Waals surface area contributed by atoms with Gasteiger partial charge in [0.05, 0.1) is 0 Å². The first kappa shape index (κ1) is 16.6. The monoisotopic (exact) mass is 311 g/mol. The molecule has 1 unspecified atom stereocenters. The van der Waals surface area contributed by atoms with E-state index in [-0.39, 0.29) is 0 Å². The van der Waals surface area contributed by atoms with Gasteiger partial charge in [0, 0.05) is 18.1 Å². The lowest BCUT2D eigenvalue weighted by Crippen LogP contribution is -2.39. The minimum absolute atomic E-state index is 0.297. The zero-order chi connectivity index (χ0) is 15.1. The van der Waals surface area contributed by atoms with Crippen LogP contribution in [0.5, 0.6) is 5.75 Å². The molecule has 3 nitrogen and oxygen atoms in total. The van der Waals surface area contributed by atoms with E-state index in [2.05, 4.69) is 12.2 Å². The van der Waals surface area contributed by atoms with Gasteiger partial charge in [0.15, 0.2) is 0 Å². The number of rotatable bonds is 7. The fraction of sp³-hybridized carbons (Fsp3) is 0.647. The van der Waals surface area contributed by atoms with Gasteiger partial charge in [-0.15, -0.1) is 0 Å². The number of ether oxygens (including phenoxy) is 1. The topological polar surface area (TPSA) is 41.5 Å².